The number of ether oxygens (including phenoxy) is 3. The summed E-state index contributed by atoms with van der Waals surface area (Å²) in [5.74, 6) is 0.751. The number of methoxy groups -OCH3 is 2. The van der Waals surface area contributed by atoms with Gasteiger partial charge in [0.05, 0.1) is 36.5 Å². The number of carbonyl (C=O) groups is 1. The van der Waals surface area contributed by atoms with Gasteiger partial charge in [-0.15, -0.1) is 0 Å². The number of benzene rings is 5. The summed E-state index contributed by atoms with van der Waals surface area (Å²) in [5, 5.41) is 3.02. The molecule has 5 aromatic carbocycles. The zero-order valence-corrected chi connectivity index (χ0v) is 26.5. The van der Waals surface area contributed by atoms with Crippen LogP contribution in [0.2, 0.25) is 0 Å². The average Bonchev–Trinajstić information content (AvgIpc) is 3.39. The molecule has 0 unspecified atom stereocenters. The molecule has 6 rings (SSSR count). The lowest BCUT2D eigenvalue weighted by Gasteiger charge is -2.30. The second-order valence-electron chi connectivity index (χ2n) is 11.0. The minimum atomic E-state index is -4.06. The van der Waals surface area contributed by atoms with E-state index in [-0.39, 0.29) is 23.3 Å². The van der Waals surface area contributed by atoms with Gasteiger partial charge < -0.3 is 19.5 Å². The summed E-state index contributed by atoms with van der Waals surface area (Å²) in [6.45, 7) is 2.20. The first-order valence-corrected chi connectivity index (χ1v) is 16.3. The first kappa shape index (κ1) is 30.7. The summed E-state index contributed by atoms with van der Waals surface area (Å²) in [5.41, 5.74) is 3.80. The van der Waals surface area contributed by atoms with Gasteiger partial charge in [-0.1, -0.05) is 79.7 Å². The van der Waals surface area contributed by atoms with E-state index in [0.29, 0.717) is 34.2 Å². The van der Waals surface area contributed by atoms with Crippen molar-refractivity contribution in [3.05, 3.63) is 144 Å². The van der Waals surface area contributed by atoms with E-state index < -0.39 is 16.1 Å². The van der Waals surface area contributed by atoms with Gasteiger partial charge in [-0.25, -0.2) is 8.42 Å². The Labute approximate surface area is 269 Å². The molecule has 1 N–H and O–H groups in total. The van der Waals surface area contributed by atoms with Crippen LogP contribution >= 0.6 is 0 Å². The number of sulfonamides is 1. The highest BCUT2D eigenvalue weighted by molar-refractivity contribution is 7.92. The van der Waals surface area contributed by atoms with E-state index in [1.54, 1.807) is 80.9 Å². The van der Waals surface area contributed by atoms with E-state index in [0.717, 1.165) is 16.7 Å². The fourth-order valence-electron chi connectivity index (χ4n) is 5.85. The monoisotopic (exact) mass is 634 g/mol. The van der Waals surface area contributed by atoms with Gasteiger partial charge in [0, 0.05) is 17.5 Å². The Balaban J connectivity index is 1.51. The Bertz CT molecular complexity index is 1950. The molecule has 234 valence electrons. The Morgan fingerprint density at radius 1 is 0.761 bits per heavy atom. The molecule has 8 nitrogen and oxygen atoms in total. The van der Waals surface area contributed by atoms with Crippen LogP contribution in [0.15, 0.2) is 126 Å². The van der Waals surface area contributed by atoms with Crippen molar-refractivity contribution in [1.29, 1.82) is 0 Å². The van der Waals surface area contributed by atoms with Gasteiger partial charge in [-0.3, -0.25) is 9.10 Å². The molecule has 0 spiro atoms. The highest BCUT2D eigenvalue weighted by atomic mass is 32.2. The van der Waals surface area contributed by atoms with Crippen molar-refractivity contribution in [2.45, 2.75) is 30.4 Å². The number of amides is 1. The maximum atomic E-state index is 14.5. The second-order valence-corrected chi connectivity index (χ2v) is 12.8. The first-order chi connectivity index (χ1) is 22.3. The summed E-state index contributed by atoms with van der Waals surface area (Å²) in [6, 6.07) is 35.3. The number of fused-ring (bicyclic) bond motifs is 1. The quantitative estimate of drug-likeness (QED) is 0.170. The fraction of sp³-hybridized carbons (Fsp3) is 0.162. The third kappa shape index (κ3) is 5.89. The van der Waals surface area contributed by atoms with Crippen molar-refractivity contribution in [1.82, 2.24) is 0 Å². The fourth-order valence-corrected chi connectivity index (χ4v) is 7.60. The zero-order valence-electron chi connectivity index (χ0n) is 25.7. The zero-order chi connectivity index (χ0) is 32.3. The molecule has 0 radical (unpaired) electrons. The van der Waals surface area contributed by atoms with Crippen LogP contribution in [-0.2, 0) is 16.6 Å². The van der Waals surface area contributed by atoms with E-state index in [1.165, 1.54) is 4.31 Å². The molecule has 0 saturated carbocycles. The molecule has 1 amide bonds. The van der Waals surface area contributed by atoms with Crippen LogP contribution in [-0.4, -0.2) is 28.5 Å². The smallest absolute Gasteiger partial charge is 0.264 e. The molecule has 9 heteroatoms. The van der Waals surface area contributed by atoms with E-state index >= 15 is 0 Å². The lowest BCUT2D eigenvalue weighted by molar-refractivity contribution is 0.102. The van der Waals surface area contributed by atoms with Crippen molar-refractivity contribution >= 4 is 27.3 Å². The van der Waals surface area contributed by atoms with Crippen LogP contribution in [0.25, 0.3) is 0 Å². The minimum absolute atomic E-state index is 0.161. The summed E-state index contributed by atoms with van der Waals surface area (Å²) in [7, 11) is -0.960. The van der Waals surface area contributed by atoms with Crippen molar-refractivity contribution < 1.29 is 27.4 Å². The van der Waals surface area contributed by atoms with Crippen LogP contribution < -0.4 is 23.8 Å². The largest absolute Gasteiger partial charge is 0.493 e. The summed E-state index contributed by atoms with van der Waals surface area (Å²) in [4.78, 5) is 13.5. The number of rotatable bonds is 10. The van der Waals surface area contributed by atoms with Gasteiger partial charge in [0.2, 0.25) is 0 Å². The van der Waals surface area contributed by atoms with Gasteiger partial charge in [0.25, 0.3) is 15.9 Å². The van der Waals surface area contributed by atoms with Gasteiger partial charge in [-0.2, -0.15) is 0 Å². The standard InChI is InChI=1S/C37H34N2O6S/c1-25-30-22-31(38-37(40)27-15-9-5-10-16-27)34(45-24-26-13-7-4-8-14-26)23-32(30)39(46(41,42)29-17-11-6-12-18-29)36(25)28-19-20-33(43-2)35(21-28)44-3/h4-23,25,36H,24H2,1-3H3,(H,38,40)/t25-,36-/m0/s1. The highest BCUT2D eigenvalue weighted by Crippen LogP contribution is 2.54. The first-order valence-electron chi connectivity index (χ1n) is 14.8. The number of hydrogen-bond donors (Lipinski definition) is 1. The molecule has 1 aliphatic heterocycles. The Morgan fingerprint density at radius 3 is 2.04 bits per heavy atom. The van der Waals surface area contributed by atoms with Crippen LogP contribution in [0.3, 0.4) is 0 Å². The Kier molecular flexibility index (Phi) is 8.68. The van der Waals surface area contributed by atoms with E-state index in [2.05, 4.69) is 5.32 Å². The van der Waals surface area contributed by atoms with Crippen molar-refractivity contribution in [2.24, 2.45) is 0 Å². The van der Waals surface area contributed by atoms with Crippen LogP contribution in [0, 0.1) is 0 Å². The van der Waals surface area contributed by atoms with Crippen LogP contribution in [0.1, 0.15) is 45.9 Å². The SMILES string of the molecule is COc1ccc([C@@H]2[C@@H](C)c3cc(NC(=O)c4ccccc4)c(OCc4ccccc4)cc3N2S(=O)(=O)c2ccccc2)cc1OC. The van der Waals surface area contributed by atoms with Gasteiger partial charge in [-0.05, 0) is 59.2 Å². The normalized spacial score (nSPS) is 15.6. The molecular weight excluding hydrogens is 600 g/mol. The molecule has 0 saturated heterocycles. The third-order valence-electron chi connectivity index (χ3n) is 8.15. The van der Waals surface area contributed by atoms with Crippen molar-refractivity contribution in [3.63, 3.8) is 0 Å². The van der Waals surface area contributed by atoms with Crippen LogP contribution in [0.5, 0.6) is 17.2 Å². The molecule has 2 atom stereocenters. The predicted octanol–water partition coefficient (Wildman–Crippen LogP) is 7.59. The molecule has 0 aliphatic carbocycles. The molecule has 0 bridgehead atoms. The average molecular weight is 635 g/mol. The molecule has 1 heterocycles. The highest BCUT2D eigenvalue weighted by Gasteiger charge is 2.45. The van der Waals surface area contributed by atoms with Crippen LogP contribution in [0.4, 0.5) is 11.4 Å². The van der Waals surface area contributed by atoms with E-state index in [4.69, 9.17) is 14.2 Å². The van der Waals surface area contributed by atoms with E-state index in [1.807, 2.05) is 61.5 Å². The van der Waals surface area contributed by atoms with Crippen molar-refractivity contribution in [3.8, 4) is 17.2 Å². The molecular formula is C37H34N2O6S. The number of carbonyl (C=O) groups excluding carboxylic acids is 1. The summed E-state index contributed by atoms with van der Waals surface area (Å²) < 4.78 is 47.8. The topological polar surface area (TPSA) is 94.2 Å². The lowest BCUT2D eigenvalue weighted by Crippen LogP contribution is -2.33. The summed E-state index contributed by atoms with van der Waals surface area (Å²) in [6.07, 6.45) is 0. The maximum absolute atomic E-state index is 14.5. The molecule has 5 aromatic rings. The second kappa shape index (κ2) is 13.0. The molecule has 1 aliphatic rings. The maximum Gasteiger partial charge on any atom is 0.264 e. The number of anilines is 2. The van der Waals surface area contributed by atoms with Gasteiger partial charge in [0.15, 0.2) is 11.5 Å². The molecule has 0 fully saturated rings. The molecule has 0 aromatic heterocycles. The number of nitrogens with one attached hydrogen (secondary N) is 1. The minimum Gasteiger partial charge on any atom is -0.493 e. The van der Waals surface area contributed by atoms with Gasteiger partial charge in [0.1, 0.15) is 12.4 Å². The predicted molar refractivity (Wildman–Crippen MR) is 178 cm³/mol. The van der Waals surface area contributed by atoms with Crippen molar-refractivity contribution in [2.75, 3.05) is 23.8 Å². The lowest BCUT2D eigenvalue weighted by atomic mass is 9.91. The third-order valence-corrected chi connectivity index (χ3v) is 9.96. The summed E-state index contributed by atoms with van der Waals surface area (Å²) >= 11 is 0. The van der Waals surface area contributed by atoms with Gasteiger partial charge >= 0.3 is 0 Å². The Morgan fingerprint density at radius 2 is 1.39 bits per heavy atom. The number of nitrogens with zero attached hydrogens (tertiary/aromatic N) is 1. The number of hydrogen-bond acceptors (Lipinski definition) is 6. The Hall–Kier alpha value is -5.28. The van der Waals surface area contributed by atoms with E-state index in [9.17, 15) is 13.2 Å². The molecule has 46 heavy (non-hydrogen) atoms.